The Hall–Kier alpha value is -2.77. The van der Waals surface area contributed by atoms with Crippen LogP contribution in [0.5, 0.6) is 0 Å². The lowest BCUT2D eigenvalue weighted by atomic mass is 10.0. The molecule has 1 saturated heterocycles. The van der Waals surface area contributed by atoms with Gasteiger partial charge in [-0.3, -0.25) is 9.69 Å². The number of halogens is 2. The number of anilines is 1. The van der Waals surface area contributed by atoms with Crippen LogP contribution in [-0.4, -0.2) is 47.4 Å². The Morgan fingerprint density at radius 1 is 1.10 bits per heavy atom. The number of aromatic nitrogens is 1. The summed E-state index contributed by atoms with van der Waals surface area (Å²) in [5, 5.41) is 11.3. The van der Waals surface area contributed by atoms with Crippen molar-refractivity contribution in [2.45, 2.75) is 26.0 Å². The molecule has 158 valence electrons. The number of pyridine rings is 1. The normalized spacial score (nSPS) is 16.2. The van der Waals surface area contributed by atoms with Crippen LogP contribution in [0.2, 0.25) is 0 Å². The summed E-state index contributed by atoms with van der Waals surface area (Å²) in [6.45, 7) is 4.57. The molecule has 2 N–H and O–H groups in total. The van der Waals surface area contributed by atoms with Crippen molar-refractivity contribution in [3.05, 3.63) is 75.7 Å². The van der Waals surface area contributed by atoms with Crippen molar-refractivity contribution in [2.75, 3.05) is 31.1 Å². The monoisotopic (exact) mass is 413 g/mol. The van der Waals surface area contributed by atoms with Gasteiger partial charge in [0.25, 0.3) is 5.56 Å². The highest BCUT2D eigenvalue weighted by molar-refractivity contribution is 5.85. The van der Waals surface area contributed by atoms with Crippen molar-refractivity contribution in [3.8, 4) is 0 Å². The Morgan fingerprint density at radius 2 is 1.87 bits per heavy atom. The fourth-order valence-electron chi connectivity index (χ4n) is 4.09. The SMILES string of the molecule is Cc1ccc(F)c2c(=O)[nH]c(CCC(O)N3CCN(c4cccc(F)c4)CC3)cc12. The highest BCUT2D eigenvalue weighted by Crippen LogP contribution is 2.21. The minimum atomic E-state index is -0.646. The van der Waals surface area contributed by atoms with Gasteiger partial charge >= 0.3 is 0 Å². The number of aliphatic hydroxyl groups is 1. The Bertz CT molecular complexity index is 1110. The first-order chi connectivity index (χ1) is 14.4. The first-order valence-electron chi connectivity index (χ1n) is 10.2. The zero-order valence-electron chi connectivity index (χ0n) is 16.9. The molecule has 0 aliphatic carbocycles. The molecule has 1 unspecified atom stereocenters. The number of piperazine rings is 1. The van der Waals surface area contributed by atoms with Crippen LogP contribution in [0.3, 0.4) is 0 Å². The predicted octanol–water partition coefficient (Wildman–Crippen LogP) is 3.19. The molecule has 7 heteroatoms. The quantitative estimate of drug-likeness (QED) is 0.675. The largest absolute Gasteiger partial charge is 0.378 e. The third-order valence-electron chi connectivity index (χ3n) is 5.81. The molecule has 1 fully saturated rings. The van der Waals surface area contributed by atoms with Crippen LogP contribution in [0.4, 0.5) is 14.5 Å². The number of aliphatic hydroxyl groups excluding tert-OH is 1. The van der Waals surface area contributed by atoms with Crippen molar-refractivity contribution in [1.82, 2.24) is 9.88 Å². The standard InChI is InChI=1S/C23H25F2N3O2/c1-15-5-7-20(25)22-19(15)14-17(26-23(22)30)6-8-21(29)28-11-9-27(10-12-28)18-4-2-3-16(24)13-18/h2-5,7,13-14,21,29H,6,8-12H2,1H3,(H,26,30). The molecule has 1 aromatic heterocycles. The lowest BCUT2D eigenvalue weighted by Crippen LogP contribution is -2.50. The Kier molecular flexibility index (Phi) is 5.83. The Labute approximate surface area is 173 Å². The first-order valence-corrected chi connectivity index (χ1v) is 10.2. The predicted molar refractivity (Wildman–Crippen MR) is 114 cm³/mol. The van der Waals surface area contributed by atoms with E-state index in [0.29, 0.717) is 50.1 Å². The van der Waals surface area contributed by atoms with Crippen LogP contribution in [0, 0.1) is 18.6 Å². The van der Waals surface area contributed by atoms with E-state index in [1.807, 2.05) is 17.9 Å². The molecule has 4 rings (SSSR count). The molecule has 1 atom stereocenters. The van der Waals surface area contributed by atoms with Crippen LogP contribution in [0.15, 0.2) is 47.3 Å². The number of hydrogen-bond donors (Lipinski definition) is 2. The van der Waals surface area contributed by atoms with Gasteiger partial charge in [-0.2, -0.15) is 0 Å². The highest BCUT2D eigenvalue weighted by Gasteiger charge is 2.22. The van der Waals surface area contributed by atoms with Crippen molar-refractivity contribution in [1.29, 1.82) is 0 Å². The lowest BCUT2D eigenvalue weighted by molar-refractivity contribution is -0.00533. The Balaban J connectivity index is 1.38. The smallest absolute Gasteiger partial charge is 0.259 e. The molecular weight excluding hydrogens is 388 g/mol. The number of nitrogens with one attached hydrogen (secondary N) is 1. The lowest BCUT2D eigenvalue weighted by Gasteiger charge is -2.38. The molecule has 2 heterocycles. The fourth-order valence-corrected chi connectivity index (χ4v) is 4.09. The molecule has 3 aromatic rings. The highest BCUT2D eigenvalue weighted by atomic mass is 19.1. The molecule has 2 aromatic carbocycles. The molecule has 0 bridgehead atoms. The van der Waals surface area contributed by atoms with Crippen LogP contribution in [0.1, 0.15) is 17.7 Å². The van der Waals surface area contributed by atoms with E-state index in [1.165, 1.54) is 18.2 Å². The van der Waals surface area contributed by atoms with Crippen molar-refractivity contribution >= 4 is 16.5 Å². The summed E-state index contributed by atoms with van der Waals surface area (Å²) < 4.78 is 27.4. The number of nitrogens with zero attached hydrogens (tertiary/aromatic N) is 2. The summed E-state index contributed by atoms with van der Waals surface area (Å²) in [7, 11) is 0. The third kappa shape index (κ3) is 4.22. The van der Waals surface area contributed by atoms with E-state index < -0.39 is 17.6 Å². The van der Waals surface area contributed by atoms with E-state index in [9.17, 15) is 18.7 Å². The van der Waals surface area contributed by atoms with Gasteiger partial charge in [0.05, 0.1) is 5.39 Å². The maximum Gasteiger partial charge on any atom is 0.259 e. The Morgan fingerprint density at radius 3 is 2.60 bits per heavy atom. The number of aryl methyl sites for hydroxylation is 2. The molecule has 1 aliphatic heterocycles. The van der Waals surface area contributed by atoms with Crippen LogP contribution >= 0.6 is 0 Å². The second-order valence-electron chi connectivity index (χ2n) is 7.80. The van der Waals surface area contributed by atoms with E-state index in [4.69, 9.17) is 0 Å². The first kappa shape index (κ1) is 20.5. The average molecular weight is 413 g/mol. The number of benzene rings is 2. The van der Waals surface area contributed by atoms with E-state index >= 15 is 0 Å². The van der Waals surface area contributed by atoms with E-state index in [0.717, 1.165) is 11.3 Å². The van der Waals surface area contributed by atoms with Gasteiger partial charge in [-0.25, -0.2) is 8.78 Å². The number of aromatic amines is 1. The average Bonchev–Trinajstić information content (AvgIpc) is 2.74. The molecule has 0 amide bonds. The van der Waals surface area contributed by atoms with Crippen LogP contribution in [-0.2, 0) is 6.42 Å². The van der Waals surface area contributed by atoms with Gasteiger partial charge < -0.3 is 15.0 Å². The molecule has 0 spiro atoms. The molecule has 1 aliphatic rings. The maximum atomic E-state index is 14.0. The van der Waals surface area contributed by atoms with Crippen molar-refractivity contribution in [3.63, 3.8) is 0 Å². The third-order valence-corrected chi connectivity index (χ3v) is 5.81. The summed E-state index contributed by atoms with van der Waals surface area (Å²) >= 11 is 0. The maximum absolute atomic E-state index is 14.0. The second kappa shape index (κ2) is 8.53. The van der Waals surface area contributed by atoms with Crippen LogP contribution < -0.4 is 10.5 Å². The zero-order chi connectivity index (χ0) is 21.3. The minimum Gasteiger partial charge on any atom is -0.378 e. The van der Waals surface area contributed by atoms with Crippen molar-refractivity contribution in [2.24, 2.45) is 0 Å². The minimum absolute atomic E-state index is 0.0766. The van der Waals surface area contributed by atoms with Gasteiger partial charge in [-0.05, 0) is 61.0 Å². The summed E-state index contributed by atoms with van der Waals surface area (Å²) in [5.41, 5.74) is 1.92. The van der Waals surface area contributed by atoms with Crippen molar-refractivity contribution < 1.29 is 13.9 Å². The zero-order valence-corrected chi connectivity index (χ0v) is 16.9. The molecule has 5 nitrogen and oxygen atoms in total. The molecular formula is C23H25F2N3O2. The second-order valence-corrected chi connectivity index (χ2v) is 7.80. The molecule has 0 radical (unpaired) electrons. The molecule has 0 saturated carbocycles. The summed E-state index contributed by atoms with van der Waals surface area (Å²) in [6, 6.07) is 11.3. The number of rotatable bonds is 5. The number of H-pyrrole nitrogens is 1. The van der Waals surface area contributed by atoms with E-state index in [1.54, 1.807) is 18.2 Å². The van der Waals surface area contributed by atoms with E-state index in [-0.39, 0.29) is 11.2 Å². The van der Waals surface area contributed by atoms with Gasteiger partial charge in [0.1, 0.15) is 17.9 Å². The fraction of sp³-hybridized carbons (Fsp3) is 0.348. The van der Waals surface area contributed by atoms with Gasteiger partial charge in [0, 0.05) is 37.6 Å². The summed E-state index contributed by atoms with van der Waals surface area (Å²) in [6.07, 6.45) is 0.287. The van der Waals surface area contributed by atoms with Gasteiger partial charge in [-0.1, -0.05) is 12.1 Å². The summed E-state index contributed by atoms with van der Waals surface area (Å²) in [4.78, 5) is 19.1. The topological polar surface area (TPSA) is 59.6 Å². The van der Waals surface area contributed by atoms with Gasteiger partial charge in [0.15, 0.2) is 0 Å². The van der Waals surface area contributed by atoms with E-state index in [2.05, 4.69) is 9.88 Å². The molecule has 30 heavy (non-hydrogen) atoms. The summed E-state index contributed by atoms with van der Waals surface area (Å²) in [5.74, 6) is -0.783. The number of hydrogen-bond acceptors (Lipinski definition) is 4. The van der Waals surface area contributed by atoms with Gasteiger partial charge in [0.2, 0.25) is 0 Å². The van der Waals surface area contributed by atoms with Crippen LogP contribution in [0.25, 0.3) is 10.8 Å². The number of fused-ring (bicyclic) bond motifs is 1. The van der Waals surface area contributed by atoms with Gasteiger partial charge in [-0.15, -0.1) is 0 Å².